The fourth-order valence-corrected chi connectivity index (χ4v) is 3.54. The topological polar surface area (TPSA) is 126 Å². The molecule has 28 heavy (non-hydrogen) atoms. The number of nitrogens with zero attached hydrogens (tertiary/aromatic N) is 1. The maximum absolute atomic E-state index is 11.8. The van der Waals surface area contributed by atoms with E-state index >= 15 is 0 Å². The first-order valence-corrected chi connectivity index (χ1v) is 8.98. The number of fused-ring (bicyclic) bond motifs is 1. The van der Waals surface area contributed by atoms with Gasteiger partial charge in [0.25, 0.3) is 5.91 Å². The van der Waals surface area contributed by atoms with Crippen molar-refractivity contribution in [3.05, 3.63) is 48.0 Å². The standard InChI is InChI=1S/C20H21N5O3/c21-18(26)17-15-6-3-13(11-16(15)23-19(17)24-20(22)27)12-1-4-14(5-2-12)25-7-9-28-10-8-25/h1-6,11,23H,7-10H2,(H2,21,26)(H3,22,24,27). The second kappa shape index (κ2) is 7.24. The predicted octanol–water partition coefficient (Wildman–Crippen LogP) is 2.26. The number of H-pyrrole nitrogens is 1. The number of carbonyl (C=O) groups excluding carboxylic acids is 2. The van der Waals surface area contributed by atoms with Gasteiger partial charge in [0.05, 0.1) is 18.8 Å². The molecule has 6 N–H and O–H groups in total. The van der Waals surface area contributed by atoms with Crippen molar-refractivity contribution in [1.82, 2.24) is 4.98 Å². The number of amides is 3. The maximum atomic E-state index is 11.8. The highest BCUT2D eigenvalue weighted by molar-refractivity contribution is 6.13. The average molecular weight is 379 g/mol. The number of nitrogens with two attached hydrogens (primary N) is 2. The van der Waals surface area contributed by atoms with Crippen LogP contribution in [-0.4, -0.2) is 43.2 Å². The van der Waals surface area contributed by atoms with Crippen LogP contribution in [0.2, 0.25) is 0 Å². The molecule has 3 amide bonds. The van der Waals surface area contributed by atoms with Gasteiger partial charge in [0.1, 0.15) is 5.82 Å². The molecule has 0 radical (unpaired) electrons. The molecule has 2 heterocycles. The molecule has 144 valence electrons. The monoisotopic (exact) mass is 379 g/mol. The summed E-state index contributed by atoms with van der Waals surface area (Å²) in [6, 6.07) is 13.2. The number of anilines is 2. The highest BCUT2D eigenvalue weighted by Crippen LogP contribution is 2.31. The lowest BCUT2D eigenvalue weighted by Crippen LogP contribution is -2.36. The number of ether oxygens (including phenoxy) is 1. The number of carbonyl (C=O) groups is 2. The minimum Gasteiger partial charge on any atom is -0.378 e. The van der Waals surface area contributed by atoms with Crippen LogP contribution < -0.4 is 21.7 Å². The van der Waals surface area contributed by atoms with Crippen molar-refractivity contribution in [1.29, 1.82) is 0 Å². The zero-order valence-corrected chi connectivity index (χ0v) is 15.2. The number of rotatable bonds is 4. The Morgan fingerprint density at radius 2 is 1.68 bits per heavy atom. The van der Waals surface area contributed by atoms with E-state index < -0.39 is 11.9 Å². The SMILES string of the molecule is NC(=O)Nc1[nH]c2cc(-c3ccc(N4CCOCC4)cc3)ccc2c1C(N)=O. The minimum absolute atomic E-state index is 0.204. The normalized spacial score (nSPS) is 14.2. The molecule has 2 aromatic carbocycles. The summed E-state index contributed by atoms with van der Waals surface area (Å²) in [5.74, 6) is -0.438. The molecule has 1 saturated heterocycles. The van der Waals surface area contributed by atoms with Crippen molar-refractivity contribution in [3.8, 4) is 11.1 Å². The summed E-state index contributed by atoms with van der Waals surface area (Å²) in [6.07, 6.45) is 0. The molecule has 1 fully saturated rings. The molecule has 0 bridgehead atoms. The van der Waals surface area contributed by atoms with Crippen LogP contribution in [0.5, 0.6) is 0 Å². The Bertz CT molecular complexity index is 1040. The Balaban J connectivity index is 1.67. The number of hydrogen-bond acceptors (Lipinski definition) is 4. The summed E-state index contributed by atoms with van der Waals surface area (Å²) >= 11 is 0. The number of primary amides is 2. The number of aromatic amines is 1. The average Bonchev–Trinajstić information content (AvgIpc) is 3.05. The fourth-order valence-electron chi connectivity index (χ4n) is 3.54. The van der Waals surface area contributed by atoms with Crippen molar-refractivity contribution in [2.45, 2.75) is 0 Å². The van der Waals surface area contributed by atoms with Crippen LogP contribution in [-0.2, 0) is 4.74 Å². The third-order valence-electron chi connectivity index (χ3n) is 4.87. The Labute approximate surface area is 161 Å². The Hall–Kier alpha value is -3.52. The summed E-state index contributed by atoms with van der Waals surface area (Å²) in [6.45, 7) is 3.27. The lowest BCUT2D eigenvalue weighted by atomic mass is 10.0. The van der Waals surface area contributed by atoms with Gasteiger partial charge < -0.3 is 26.1 Å². The zero-order valence-electron chi connectivity index (χ0n) is 15.2. The molecule has 0 aliphatic carbocycles. The van der Waals surface area contributed by atoms with Gasteiger partial charge in [-0.1, -0.05) is 24.3 Å². The third kappa shape index (κ3) is 3.37. The van der Waals surface area contributed by atoms with Crippen LogP contribution in [0.1, 0.15) is 10.4 Å². The first kappa shape index (κ1) is 17.9. The highest BCUT2D eigenvalue weighted by atomic mass is 16.5. The van der Waals surface area contributed by atoms with E-state index in [2.05, 4.69) is 39.5 Å². The number of hydrogen-bond donors (Lipinski definition) is 4. The minimum atomic E-state index is -0.770. The van der Waals surface area contributed by atoms with E-state index in [0.29, 0.717) is 10.9 Å². The van der Waals surface area contributed by atoms with Gasteiger partial charge in [-0.2, -0.15) is 0 Å². The fraction of sp³-hybridized carbons (Fsp3) is 0.200. The van der Waals surface area contributed by atoms with E-state index in [1.165, 1.54) is 0 Å². The Morgan fingerprint density at radius 1 is 1.00 bits per heavy atom. The van der Waals surface area contributed by atoms with Crippen LogP contribution >= 0.6 is 0 Å². The maximum Gasteiger partial charge on any atom is 0.317 e. The van der Waals surface area contributed by atoms with Crippen LogP contribution in [0.3, 0.4) is 0 Å². The van der Waals surface area contributed by atoms with Gasteiger partial charge in [0.2, 0.25) is 0 Å². The third-order valence-corrected chi connectivity index (χ3v) is 4.87. The molecule has 1 aliphatic rings. The number of aromatic nitrogens is 1. The molecule has 4 rings (SSSR count). The molecule has 8 nitrogen and oxygen atoms in total. The number of nitrogens with one attached hydrogen (secondary N) is 2. The summed E-state index contributed by atoms with van der Waals surface area (Å²) in [7, 11) is 0. The zero-order chi connectivity index (χ0) is 19.7. The molecule has 0 spiro atoms. The van der Waals surface area contributed by atoms with Crippen LogP contribution in [0.15, 0.2) is 42.5 Å². The van der Waals surface area contributed by atoms with Gasteiger partial charge in [0.15, 0.2) is 0 Å². The molecule has 0 atom stereocenters. The molecular formula is C20H21N5O3. The van der Waals surface area contributed by atoms with Gasteiger partial charge in [-0.25, -0.2) is 4.79 Å². The van der Waals surface area contributed by atoms with E-state index in [1.807, 2.05) is 18.2 Å². The summed E-state index contributed by atoms with van der Waals surface area (Å²) in [5.41, 5.74) is 14.7. The van der Waals surface area contributed by atoms with E-state index in [-0.39, 0.29) is 11.4 Å². The second-order valence-electron chi connectivity index (χ2n) is 6.64. The molecular weight excluding hydrogens is 358 g/mol. The number of urea groups is 1. The summed E-state index contributed by atoms with van der Waals surface area (Å²) in [4.78, 5) is 28.3. The number of morpholine rings is 1. The smallest absolute Gasteiger partial charge is 0.317 e. The molecule has 0 unspecified atom stereocenters. The lowest BCUT2D eigenvalue weighted by molar-refractivity contribution is 0.100. The van der Waals surface area contributed by atoms with Crippen molar-refractivity contribution in [3.63, 3.8) is 0 Å². The first-order valence-electron chi connectivity index (χ1n) is 8.98. The van der Waals surface area contributed by atoms with E-state index in [0.717, 1.165) is 43.1 Å². The van der Waals surface area contributed by atoms with Crippen molar-refractivity contribution < 1.29 is 14.3 Å². The van der Waals surface area contributed by atoms with Crippen LogP contribution in [0.25, 0.3) is 22.0 Å². The van der Waals surface area contributed by atoms with Gasteiger partial charge in [-0.15, -0.1) is 0 Å². The predicted molar refractivity (Wildman–Crippen MR) is 108 cm³/mol. The lowest BCUT2D eigenvalue weighted by Gasteiger charge is -2.28. The quantitative estimate of drug-likeness (QED) is 0.554. The van der Waals surface area contributed by atoms with Crippen molar-refractivity contribution >= 4 is 34.3 Å². The molecule has 1 aromatic heterocycles. The van der Waals surface area contributed by atoms with Gasteiger partial charge in [0, 0.05) is 29.7 Å². The summed E-state index contributed by atoms with van der Waals surface area (Å²) in [5, 5.41) is 3.04. The van der Waals surface area contributed by atoms with Gasteiger partial charge >= 0.3 is 6.03 Å². The van der Waals surface area contributed by atoms with E-state index in [1.54, 1.807) is 0 Å². The summed E-state index contributed by atoms with van der Waals surface area (Å²) < 4.78 is 5.40. The Morgan fingerprint density at radius 3 is 2.32 bits per heavy atom. The molecule has 0 saturated carbocycles. The second-order valence-corrected chi connectivity index (χ2v) is 6.64. The van der Waals surface area contributed by atoms with Gasteiger partial charge in [-0.05, 0) is 29.3 Å². The largest absolute Gasteiger partial charge is 0.378 e. The Kier molecular flexibility index (Phi) is 4.62. The van der Waals surface area contributed by atoms with Crippen molar-refractivity contribution in [2.24, 2.45) is 11.5 Å². The van der Waals surface area contributed by atoms with Crippen LogP contribution in [0.4, 0.5) is 16.3 Å². The molecule has 8 heteroatoms. The van der Waals surface area contributed by atoms with Crippen LogP contribution in [0, 0.1) is 0 Å². The number of benzene rings is 2. The molecule has 3 aromatic rings. The molecule has 1 aliphatic heterocycles. The van der Waals surface area contributed by atoms with Gasteiger partial charge in [-0.3, -0.25) is 10.1 Å². The van der Waals surface area contributed by atoms with E-state index in [9.17, 15) is 9.59 Å². The highest BCUT2D eigenvalue weighted by Gasteiger charge is 2.18. The van der Waals surface area contributed by atoms with Crippen molar-refractivity contribution in [2.75, 3.05) is 36.5 Å². The first-order chi connectivity index (χ1) is 13.5. The van der Waals surface area contributed by atoms with E-state index in [4.69, 9.17) is 16.2 Å².